The zero-order valence-electron chi connectivity index (χ0n) is 27.8. The molecule has 0 aliphatic rings. The number of nitrogens with zero attached hydrogens (tertiary/aromatic N) is 2. The molecular formula is C33H35BrN4O10Si. The van der Waals surface area contributed by atoms with Crippen LogP contribution < -0.4 is 21.8 Å². The van der Waals surface area contributed by atoms with Crippen molar-refractivity contribution >= 4 is 69.6 Å². The quantitative estimate of drug-likeness (QED) is 0.129. The molecule has 0 spiro atoms. The van der Waals surface area contributed by atoms with Crippen LogP contribution in [0.1, 0.15) is 26.3 Å². The van der Waals surface area contributed by atoms with Crippen LogP contribution in [-0.2, 0) is 33.2 Å². The number of aryl methyl sites for hydroxylation is 2. The number of fused-ring (bicyclic) bond motifs is 2. The lowest BCUT2D eigenvalue weighted by atomic mass is 10.1. The van der Waals surface area contributed by atoms with Crippen LogP contribution in [-0.4, -0.2) is 78.5 Å². The van der Waals surface area contributed by atoms with E-state index in [1.54, 1.807) is 36.4 Å². The number of ether oxygens (including phenoxy) is 2. The van der Waals surface area contributed by atoms with E-state index in [9.17, 15) is 39.0 Å². The van der Waals surface area contributed by atoms with Crippen molar-refractivity contribution < 1.29 is 38.9 Å². The van der Waals surface area contributed by atoms with Crippen molar-refractivity contribution in [2.75, 3.05) is 27.3 Å². The van der Waals surface area contributed by atoms with Crippen molar-refractivity contribution in [3.63, 3.8) is 0 Å². The molecule has 4 aromatic rings. The second-order valence-electron chi connectivity index (χ2n) is 11.6. The number of aromatic hydroxyl groups is 2. The minimum absolute atomic E-state index is 0.346. The predicted molar refractivity (Wildman–Crippen MR) is 188 cm³/mol. The molecule has 49 heavy (non-hydrogen) atoms. The maximum atomic E-state index is 12.6. The molecule has 16 heteroatoms. The Morgan fingerprint density at radius 3 is 1.63 bits per heavy atom. The molecule has 0 atom stereocenters. The summed E-state index contributed by atoms with van der Waals surface area (Å²) in [5, 5.41) is 25.9. The number of benzene rings is 2. The molecule has 4 N–H and O–H groups in total. The van der Waals surface area contributed by atoms with Crippen molar-refractivity contribution in [2.45, 2.75) is 19.6 Å². The standard InChI is InChI=1S/C19H22N2O5Si.C14H13BrN2O5/c1-21-14-10-12(8-9-27(3,4)5)6-7-13(14)17(23)16(19(21)25)18(24)20-11-15(22)26-2;1-17-9-5-7(15)3-4-8(9)12(19)11(14(17)21)13(20)16-6-10(18)22-2/h6-7,10,23H,11H2,1-5H3,(H,20,24);3-5,19H,6H2,1-2H3,(H,16,20). The summed E-state index contributed by atoms with van der Waals surface area (Å²) in [4.78, 5) is 71.4. The van der Waals surface area contributed by atoms with Gasteiger partial charge in [0.15, 0.2) is 0 Å². The number of amides is 2. The first-order chi connectivity index (χ1) is 22.9. The number of nitrogens with one attached hydrogen (secondary N) is 2. The van der Waals surface area contributed by atoms with E-state index in [0.717, 1.165) is 10.0 Å². The van der Waals surface area contributed by atoms with Crippen molar-refractivity contribution in [1.29, 1.82) is 0 Å². The largest absolute Gasteiger partial charge is 0.506 e. The Bertz CT molecular complexity index is 2180. The predicted octanol–water partition coefficient (Wildman–Crippen LogP) is 2.29. The van der Waals surface area contributed by atoms with Gasteiger partial charge in [0, 0.05) is 34.9 Å². The molecule has 2 heterocycles. The molecule has 258 valence electrons. The topological polar surface area (TPSA) is 195 Å². The fourth-order valence-corrected chi connectivity index (χ4v) is 5.26. The molecule has 2 amide bonds. The highest BCUT2D eigenvalue weighted by Crippen LogP contribution is 2.29. The molecule has 0 fully saturated rings. The summed E-state index contributed by atoms with van der Waals surface area (Å²) >= 11 is 3.28. The van der Waals surface area contributed by atoms with Crippen molar-refractivity contribution in [3.8, 4) is 23.0 Å². The number of esters is 2. The molecule has 2 aromatic carbocycles. The van der Waals surface area contributed by atoms with Crippen LogP contribution in [0, 0.1) is 11.5 Å². The third-order valence-electron chi connectivity index (χ3n) is 6.98. The number of carbonyl (C=O) groups is 4. The number of methoxy groups -OCH3 is 2. The molecule has 4 rings (SSSR count). The molecule has 0 radical (unpaired) electrons. The van der Waals surface area contributed by atoms with Crippen LogP contribution in [0.15, 0.2) is 50.5 Å². The second kappa shape index (κ2) is 15.7. The first kappa shape index (κ1) is 38.0. The minimum Gasteiger partial charge on any atom is -0.506 e. The zero-order valence-corrected chi connectivity index (χ0v) is 30.4. The summed E-state index contributed by atoms with van der Waals surface area (Å²) in [7, 11) is 3.81. The van der Waals surface area contributed by atoms with Gasteiger partial charge in [0.05, 0.1) is 25.3 Å². The first-order valence-electron chi connectivity index (χ1n) is 14.5. The van der Waals surface area contributed by atoms with E-state index in [1.807, 2.05) is 0 Å². The van der Waals surface area contributed by atoms with E-state index in [2.05, 4.69) is 67.1 Å². The highest BCUT2D eigenvalue weighted by atomic mass is 79.9. The van der Waals surface area contributed by atoms with Crippen LogP contribution in [0.3, 0.4) is 0 Å². The van der Waals surface area contributed by atoms with Gasteiger partial charge in [-0.1, -0.05) is 41.5 Å². The molecule has 0 bridgehead atoms. The van der Waals surface area contributed by atoms with Gasteiger partial charge < -0.3 is 39.5 Å². The lowest BCUT2D eigenvalue weighted by molar-refractivity contribution is -0.140. The summed E-state index contributed by atoms with van der Waals surface area (Å²) < 4.78 is 12.1. The van der Waals surface area contributed by atoms with Crippen molar-refractivity contribution in [3.05, 3.63) is 78.3 Å². The second-order valence-corrected chi connectivity index (χ2v) is 17.3. The van der Waals surface area contributed by atoms with Crippen molar-refractivity contribution in [1.82, 2.24) is 19.8 Å². The Morgan fingerprint density at radius 2 is 1.20 bits per heavy atom. The van der Waals surface area contributed by atoms with Gasteiger partial charge in [-0.05, 0) is 36.4 Å². The molecular weight excluding hydrogens is 720 g/mol. The van der Waals surface area contributed by atoms with Crippen LogP contribution in [0.4, 0.5) is 0 Å². The van der Waals surface area contributed by atoms with E-state index in [0.29, 0.717) is 21.8 Å². The Labute approximate surface area is 289 Å². The van der Waals surface area contributed by atoms with Gasteiger partial charge >= 0.3 is 11.9 Å². The molecule has 0 saturated carbocycles. The number of carbonyl (C=O) groups excluding carboxylic acids is 4. The fraction of sp³-hybridized carbons (Fsp3) is 0.273. The smallest absolute Gasteiger partial charge is 0.325 e. The molecule has 14 nitrogen and oxygen atoms in total. The van der Waals surface area contributed by atoms with E-state index < -0.39 is 78.7 Å². The van der Waals surface area contributed by atoms with Gasteiger partial charge in [0.25, 0.3) is 22.9 Å². The van der Waals surface area contributed by atoms with E-state index >= 15 is 0 Å². The van der Waals surface area contributed by atoms with E-state index in [-0.39, 0.29) is 0 Å². The average Bonchev–Trinajstić information content (AvgIpc) is 3.06. The molecule has 0 saturated heterocycles. The van der Waals surface area contributed by atoms with Crippen LogP contribution in [0.25, 0.3) is 21.8 Å². The van der Waals surface area contributed by atoms with Gasteiger partial charge in [-0.25, -0.2) is 0 Å². The lowest BCUT2D eigenvalue weighted by Crippen LogP contribution is -2.35. The maximum absolute atomic E-state index is 12.6. The lowest BCUT2D eigenvalue weighted by Gasteiger charge is -2.12. The summed E-state index contributed by atoms with van der Waals surface area (Å²) in [5.41, 5.74) is 2.74. The third kappa shape index (κ3) is 8.94. The third-order valence-corrected chi connectivity index (χ3v) is 8.35. The number of hydrogen-bond donors (Lipinski definition) is 4. The van der Waals surface area contributed by atoms with Gasteiger partial charge in [-0.3, -0.25) is 28.8 Å². The highest BCUT2D eigenvalue weighted by Gasteiger charge is 2.23. The highest BCUT2D eigenvalue weighted by molar-refractivity contribution is 9.10. The SMILES string of the molecule is COC(=O)CNC(=O)c1c(O)c2ccc(Br)cc2n(C)c1=O.COC(=O)CNC(=O)c1c(O)c2ccc(C#C[Si](C)(C)C)cc2n(C)c1=O. The van der Waals surface area contributed by atoms with Crippen LogP contribution in [0.2, 0.25) is 19.6 Å². The number of rotatable bonds is 6. The summed E-state index contributed by atoms with van der Waals surface area (Å²) in [6.45, 7) is 5.59. The average molecular weight is 756 g/mol. The van der Waals surface area contributed by atoms with Gasteiger partial charge in [0.2, 0.25) is 0 Å². The Balaban J connectivity index is 0.000000271. The zero-order chi connectivity index (χ0) is 36.8. The molecule has 0 aliphatic carbocycles. The number of hydrogen-bond acceptors (Lipinski definition) is 10. The first-order valence-corrected chi connectivity index (χ1v) is 18.8. The Morgan fingerprint density at radius 1 is 0.776 bits per heavy atom. The number of pyridine rings is 2. The van der Waals surface area contributed by atoms with Gasteiger partial charge in [-0.2, -0.15) is 0 Å². The number of halogens is 1. The molecule has 0 unspecified atom stereocenters. The summed E-state index contributed by atoms with van der Waals surface area (Å²) in [6, 6.07) is 9.99. The Kier molecular flexibility index (Phi) is 12.2. The summed E-state index contributed by atoms with van der Waals surface area (Å²) in [5.74, 6) is -0.753. The molecule has 0 aliphatic heterocycles. The minimum atomic E-state index is -1.56. The molecule has 2 aromatic heterocycles. The van der Waals surface area contributed by atoms with Crippen molar-refractivity contribution in [2.24, 2.45) is 14.1 Å². The van der Waals surface area contributed by atoms with Gasteiger partial charge in [-0.15, -0.1) is 5.54 Å². The van der Waals surface area contributed by atoms with Gasteiger partial charge in [0.1, 0.15) is 43.8 Å². The number of aromatic nitrogens is 2. The van der Waals surface area contributed by atoms with E-state index in [4.69, 9.17) is 0 Å². The van der Waals surface area contributed by atoms with E-state index in [1.165, 1.54) is 37.4 Å². The Hall–Kier alpha value is -5.40. The van der Waals surface area contributed by atoms with Crippen LogP contribution in [0.5, 0.6) is 11.5 Å². The fourth-order valence-electron chi connectivity index (χ4n) is 4.39. The monoisotopic (exact) mass is 754 g/mol. The van der Waals surface area contributed by atoms with Crippen LogP contribution >= 0.6 is 15.9 Å². The normalized spacial score (nSPS) is 10.7. The summed E-state index contributed by atoms with van der Waals surface area (Å²) in [6.07, 6.45) is 0. The maximum Gasteiger partial charge on any atom is 0.325 e.